The Morgan fingerprint density at radius 3 is 2.20 bits per heavy atom. The molecule has 0 atom stereocenters. The molecule has 1 aliphatic heterocycles. The highest BCUT2D eigenvalue weighted by Gasteiger charge is 2.37. The van der Waals surface area contributed by atoms with Gasteiger partial charge in [-0.2, -0.15) is 0 Å². The number of imide groups is 2. The number of rotatable bonds is 8. The lowest BCUT2D eigenvalue weighted by molar-refractivity contribution is -0.122. The molecule has 0 bridgehead atoms. The van der Waals surface area contributed by atoms with Gasteiger partial charge >= 0.3 is 6.03 Å². The summed E-state index contributed by atoms with van der Waals surface area (Å²) >= 11 is 3.40. The van der Waals surface area contributed by atoms with Gasteiger partial charge in [-0.3, -0.25) is 14.9 Å². The number of benzene rings is 4. The number of carbonyl (C=O) groups is 3. The van der Waals surface area contributed by atoms with Gasteiger partial charge in [-0.05, 0) is 71.8 Å². The molecule has 4 aromatic rings. The lowest BCUT2D eigenvalue weighted by Gasteiger charge is -2.26. The molecule has 1 N–H and O–H groups in total. The number of ether oxygens (including phenoxy) is 2. The molecular weight excluding hydrogens is 579 g/mol. The number of halogens is 2. The van der Waals surface area contributed by atoms with Gasteiger partial charge < -0.3 is 9.47 Å². The summed E-state index contributed by atoms with van der Waals surface area (Å²) in [5, 5.41) is 2.23. The molecule has 9 heteroatoms. The highest BCUT2D eigenvalue weighted by molar-refractivity contribution is 9.10. The largest absolute Gasteiger partial charge is 0.489 e. The van der Waals surface area contributed by atoms with Gasteiger partial charge in [0.2, 0.25) is 0 Å². The van der Waals surface area contributed by atoms with Gasteiger partial charge in [-0.15, -0.1) is 0 Å². The minimum absolute atomic E-state index is 0.140. The molecule has 200 valence electrons. The van der Waals surface area contributed by atoms with E-state index in [1.807, 2.05) is 30.3 Å². The molecule has 0 spiro atoms. The minimum Gasteiger partial charge on any atom is -0.489 e. The Bertz CT molecular complexity index is 1590. The van der Waals surface area contributed by atoms with Crippen LogP contribution in [0.3, 0.4) is 0 Å². The molecule has 40 heavy (non-hydrogen) atoms. The SMILES string of the molecule is O=C1NC(=O)N(c2ccc(OCc3ccccc3)cc2)C(=O)/C1=C/c1cc(Br)ccc1OCc1ccc(F)cc1. The molecule has 0 saturated carbocycles. The van der Waals surface area contributed by atoms with Crippen LogP contribution in [0.4, 0.5) is 14.9 Å². The number of carbonyl (C=O) groups excluding carboxylic acids is 3. The maximum Gasteiger partial charge on any atom is 0.335 e. The zero-order valence-electron chi connectivity index (χ0n) is 21.0. The number of hydrogen-bond acceptors (Lipinski definition) is 5. The Morgan fingerprint density at radius 1 is 0.800 bits per heavy atom. The van der Waals surface area contributed by atoms with Crippen LogP contribution in [-0.2, 0) is 22.8 Å². The zero-order valence-corrected chi connectivity index (χ0v) is 22.6. The Kier molecular flexibility index (Phi) is 8.02. The summed E-state index contributed by atoms with van der Waals surface area (Å²) in [5.41, 5.74) is 2.21. The van der Waals surface area contributed by atoms with Crippen LogP contribution in [0.5, 0.6) is 11.5 Å². The number of barbiturate groups is 1. The van der Waals surface area contributed by atoms with Crippen LogP contribution in [0, 0.1) is 5.82 Å². The van der Waals surface area contributed by atoms with Crippen LogP contribution in [-0.4, -0.2) is 17.8 Å². The Morgan fingerprint density at radius 2 is 1.48 bits per heavy atom. The van der Waals surface area contributed by atoms with Crippen molar-refractivity contribution in [2.45, 2.75) is 13.2 Å². The smallest absolute Gasteiger partial charge is 0.335 e. The van der Waals surface area contributed by atoms with Gasteiger partial charge in [-0.25, -0.2) is 14.1 Å². The van der Waals surface area contributed by atoms with Gasteiger partial charge in [0.25, 0.3) is 11.8 Å². The van der Waals surface area contributed by atoms with Crippen molar-refractivity contribution in [3.05, 3.63) is 130 Å². The summed E-state index contributed by atoms with van der Waals surface area (Å²) < 4.78 is 25.6. The van der Waals surface area contributed by atoms with Gasteiger partial charge in [-0.1, -0.05) is 58.4 Å². The summed E-state index contributed by atoms with van der Waals surface area (Å²) in [7, 11) is 0. The molecule has 5 rings (SSSR count). The van der Waals surface area contributed by atoms with Gasteiger partial charge in [0.15, 0.2) is 0 Å². The molecule has 1 saturated heterocycles. The summed E-state index contributed by atoms with van der Waals surface area (Å²) in [4.78, 5) is 39.7. The molecule has 4 aromatic carbocycles. The molecule has 1 heterocycles. The normalized spacial score (nSPS) is 14.3. The third-order valence-corrected chi connectivity index (χ3v) is 6.52. The lowest BCUT2D eigenvalue weighted by Crippen LogP contribution is -2.54. The van der Waals surface area contributed by atoms with E-state index in [-0.39, 0.29) is 23.7 Å². The van der Waals surface area contributed by atoms with E-state index < -0.39 is 17.8 Å². The molecule has 0 aromatic heterocycles. The number of urea groups is 1. The first kappa shape index (κ1) is 26.8. The van der Waals surface area contributed by atoms with E-state index in [4.69, 9.17) is 9.47 Å². The van der Waals surface area contributed by atoms with Crippen molar-refractivity contribution in [3.63, 3.8) is 0 Å². The van der Waals surface area contributed by atoms with Crippen LogP contribution in [0.25, 0.3) is 6.08 Å². The quantitative estimate of drug-likeness (QED) is 0.186. The average Bonchev–Trinajstić information content (AvgIpc) is 2.95. The summed E-state index contributed by atoms with van der Waals surface area (Å²) in [6, 6.07) is 26.2. The molecular formula is C31H22BrFN2O5. The van der Waals surface area contributed by atoms with E-state index >= 15 is 0 Å². The van der Waals surface area contributed by atoms with E-state index in [1.165, 1.54) is 18.2 Å². The second-order valence-electron chi connectivity index (χ2n) is 8.82. The van der Waals surface area contributed by atoms with Crippen molar-refractivity contribution in [1.29, 1.82) is 0 Å². The first-order valence-corrected chi connectivity index (χ1v) is 13.0. The van der Waals surface area contributed by atoms with Crippen molar-refractivity contribution in [2.75, 3.05) is 4.90 Å². The monoisotopic (exact) mass is 600 g/mol. The topological polar surface area (TPSA) is 84.9 Å². The van der Waals surface area contributed by atoms with E-state index in [9.17, 15) is 18.8 Å². The van der Waals surface area contributed by atoms with Crippen molar-refractivity contribution < 1.29 is 28.2 Å². The molecule has 7 nitrogen and oxygen atoms in total. The fourth-order valence-electron chi connectivity index (χ4n) is 3.99. The van der Waals surface area contributed by atoms with Crippen LogP contribution in [0.15, 0.2) is 107 Å². The van der Waals surface area contributed by atoms with Crippen molar-refractivity contribution in [2.24, 2.45) is 0 Å². The van der Waals surface area contributed by atoms with Gasteiger partial charge in [0, 0.05) is 10.0 Å². The maximum atomic E-state index is 13.4. The number of anilines is 1. The average molecular weight is 601 g/mol. The van der Waals surface area contributed by atoms with Crippen LogP contribution in [0.1, 0.15) is 16.7 Å². The number of hydrogen-bond donors (Lipinski definition) is 1. The standard InChI is InChI=1S/C31H22BrFN2O5/c32-23-8-15-28(40-19-21-6-9-24(33)10-7-21)22(16-23)17-27-29(36)34-31(38)35(30(27)37)25-11-13-26(14-12-25)39-18-20-4-2-1-3-5-20/h1-17H,18-19H2,(H,34,36,38)/b27-17+. The third-order valence-electron chi connectivity index (χ3n) is 6.02. The third kappa shape index (κ3) is 6.27. The Balaban J connectivity index is 1.36. The summed E-state index contributed by atoms with van der Waals surface area (Å²) in [5.74, 6) is -1.01. The first-order valence-electron chi connectivity index (χ1n) is 12.2. The maximum absolute atomic E-state index is 13.4. The lowest BCUT2D eigenvalue weighted by atomic mass is 10.1. The number of nitrogens with one attached hydrogen (secondary N) is 1. The Hall–Kier alpha value is -4.76. The Labute approximate surface area is 238 Å². The van der Waals surface area contributed by atoms with E-state index in [2.05, 4.69) is 21.2 Å². The molecule has 1 fully saturated rings. The highest BCUT2D eigenvalue weighted by atomic mass is 79.9. The van der Waals surface area contributed by atoms with Gasteiger partial charge in [0.05, 0.1) is 5.69 Å². The van der Waals surface area contributed by atoms with Crippen molar-refractivity contribution in [1.82, 2.24) is 5.32 Å². The molecule has 4 amide bonds. The second-order valence-corrected chi connectivity index (χ2v) is 9.74. The number of amides is 4. The predicted octanol–water partition coefficient (Wildman–Crippen LogP) is 6.41. The summed E-state index contributed by atoms with van der Waals surface area (Å²) in [6.07, 6.45) is 1.37. The minimum atomic E-state index is -0.855. The summed E-state index contributed by atoms with van der Waals surface area (Å²) in [6.45, 7) is 0.504. The predicted molar refractivity (Wildman–Crippen MR) is 151 cm³/mol. The fourth-order valence-corrected chi connectivity index (χ4v) is 4.36. The number of nitrogens with zero attached hydrogens (tertiary/aromatic N) is 1. The van der Waals surface area contributed by atoms with Crippen molar-refractivity contribution in [3.8, 4) is 11.5 Å². The second kappa shape index (κ2) is 12.0. The van der Waals surface area contributed by atoms with E-state index in [0.29, 0.717) is 28.1 Å². The molecule has 0 unspecified atom stereocenters. The zero-order chi connectivity index (χ0) is 28.1. The highest BCUT2D eigenvalue weighted by Crippen LogP contribution is 2.29. The van der Waals surface area contributed by atoms with Crippen molar-refractivity contribution >= 4 is 45.5 Å². The fraction of sp³-hybridized carbons (Fsp3) is 0.0645. The molecule has 0 aliphatic carbocycles. The molecule has 1 aliphatic rings. The van der Waals surface area contributed by atoms with Crippen LogP contribution >= 0.6 is 15.9 Å². The molecule has 0 radical (unpaired) electrons. The first-order chi connectivity index (χ1) is 19.4. The van der Waals surface area contributed by atoms with Gasteiger partial charge in [0.1, 0.15) is 36.1 Å². The van der Waals surface area contributed by atoms with Crippen LogP contribution in [0.2, 0.25) is 0 Å². The van der Waals surface area contributed by atoms with E-state index in [0.717, 1.165) is 16.0 Å². The van der Waals surface area contributed by atoms with Crippen LogP contribution < -0.4 is 19.7 Å². The van der Waals surface area contributed by atoms with E-state index in [1.54, 1.807) is 54.6 Å².